The molecule has 0 aliphatic carbocycles. The first kappa shape index (κ1) is 18.9. The molecule has 0 saturated carbocycles. The largest absolute Gasteiger partial charge is 0.496 e. The van der Waals surface area contributed by atoms with E-state index in [4.69, 9.17) is 9.47 Å². The van der Waals surface area contributed by atoms with Crippen molar-refractivity contribution in [2.75, 3.05) is 24.4 Å². The van der Waals surface area contributed by atoms with Crippen LogP contribution in [0.2, 0.25) is 0 Å². The maximum atomic E-state index is 12.6. The zero-order valence-corrected chi connectivity index (χ0v) is 15.6. The van der Waals surface area contributed by atoms with Crippen LogP contribution in [0.4, 0.5) is 11.4 Å². The van der Waals surface area contributed by atoms with Crippen molar-refractivity contribution in [3.8, 4) is 5.75 Å². The molecule has 0 spiro atoms. The lowest BCUT2D eigenvalue weighted by atomic mass is 9.95. The summed E-state index contributed by atoms with van der Waals surface area (Å²) in [5, 5.41) is 5.72. The van der Waals surface area contributed by atoms with Crippen LogP contribution >= 0.6 is 0 Å². The highest BCUT2D eigenvalue weighted by Gasteiger charge is 2.35. The first-order valence-corrected chi connectivity index (χ1v) is 9.02. The van der Waals surface area contributed by atoms with E-state index in [1.807, 2.05) is 6.92 Å². The molecular weight excluding hydrogens is 344 g/mol. The number of rotatable bonds is 5. The van der Waals surface area contributed by atoms with Crippen molar-refractivity contribution in [2.45, 2.75) is 31.8 Å². The fourth-order valence-corrected chi connectivity index (χ4v) is 3.08. The van der Waals surface area contributed by atoms with Gasteiger partial charge in [-0.25, -0.2) is 0 Å². The predicted molar refractivity (Wildman–Crippen MR) is 104 cm³/mol. The zero-order chi connectivity index (χ0) is 19.3. The Morgan fingerprint density at radius 3 is 2.48 bits per heavy atom. The van der Waals surface area contributed by atoms with Gasteiger partial charge in [0.05, 0.1) is 12.7 Å². The molecule has 1 aliphatic heterocycles. The van der Waals surface area contributed by atoms with Crippen molar-refractivity contribution in [3.63, 3.8) is 0 Å². The highest BCUT2D eigenvalue weighted by Crippen LogP contribution is 2.27. The molecule has 2 aromatic rings. The quantitative estimate of drug-likeness (QED) is 0.841. The van der Waals surface area contributed by atoms with Crippen molar-refractivity contribution in [3.05, 3.63) is 54.1 Å². The van der Waals surface area contributed by atoms with Crippen LogP contribution in [-0.4, -0.2) is 31.1 Å². The minimum atomic E-state index is -0.811. The first-order valence-electron chi connectivity index (χ1n) is 9.02. The van der Waals surface area contributed by atoms with Gasteiger partial charge in [0.15, 0.2) is 0 Å². The Kier molecular flexibility index (Phi) is 5.76. The number of carbonyl (C=O) groups excluding carboxylic acids is 2. The lowest BCUT2D eigenvalue weighted by Gasteiger charge is -2.32. The molecular formula is C21H24N2O4. The summed E-state index contributed by atoms with van der Waals surface area (Å²) in [5.41, 5.74) is 0.818. The lowest BCUT2D eigenvalue weighted by Crippen LogP contribution is -2.45. The smallest absolute Gasteiger partial charge is 0.259 e. The number of amides is 2. The van der Waals surface area contributed by atoms with Crippen LogP contribution in [0.5, 0.6) is 5.75 Å². The third-order valence-electron chi connectivity index (χ3n) is 4.68. The Morgan fingerprint density at radius 1 is 1.04 bits per heavy atom. The van der Waals surface area contributed by atoms with E-state index < -0.39 is 5.60 Å². The van der Waals surface area contributed by atoms with Gasteiger partial charge in [0.1, 0.15) is 11.4 Å². The first-order chi connectivity index (χ1) is 13.0. The fourth-order valence-electron chi connectivity index (χ4n) is 3.08. The van der Waals surface area contributed by atoms with E-state index in [0.29, 0.717) is 35.7 Å². The number of anilines is 2. The van der Waals surface area contributed by atoms with Gasteiger partial charge in [0.25, 0.3) is 11.8 Å². The topological polar surface area (TPSA) is 76.7 Å². The monoisotopic (exact) mass is 368 g/mol. The number of hydrogen-bond acceptors (Lipinski definition) is 4. The molecule has 0 bridgehead atoms. The Labute approximate surface area is 158 Å². The predicted octanol–water partition coefficient (Wildman–Crippen LogP) is 3.85. The number of nitrogens with one attached hydrogen (secondary N) is 2. The van der Waals surface area contributed by atoms with Gasteiger partial charge in [-0.1, -0.05) is 18.2 Å². The van der Waals surface area contributed by atoms with E-state index in [0.717, 1.165) is 12.8 Å². The molecule has 1 saturated heterocycles. The summed E-state index contributed by atoms with van der Waals surface area (Å²) >= 11 is 0. The number of carbonyl (C=O) groups is 2. The van der Waals surface area contributed by atoms with E-state index in [-0.39, 0.29) is 11.8 Å². The third kappa shape index (κ3) is 4.46. The number of benzene rings is 2. The molecule has 27 heavy (non-hydrogen) atoms. The Hall–Kier alpha value is -2.86. The van der Waals surface area contributed by atoms with Crippen LogP contribution in [0.25, 0.3) is 0 Å². The number of ether oxygens (including phenoxy) is 2. The van der Waals surface area contributed by atoms with Crippen LogP contribution in [0.1, 0.15) is 36.5 Å². The normalized spacial score (nSPS) is 19.2. The number of hydrogen-bond donors (Lipinski definition) is 2. The van der Waals surface area contributed by atoms with Gasteiger partial charge in [0, 0.05) is 18.0 Å². The molecule has 0 aromatic heterocycles. The number of methoxy groups -OCH3 is 1. The summed E-state index contributed by atoms with van der Waals surface area (Å²) in [6.07, 6.45) is 2.65. The molecule has 1 aliphatic rings. The van der Waals surface area contributed by atoms with Gasteiger partial charge < -0.3 is 20.1 Å². The standard InChI is InChI=1S/C21H24N2O4/c1-21(12-5-6-13-27-21)20(25)23-16-9-7-8-15(14-16)22-19(24)17-10-3-4-11-18(17)26-2/h3-4,7-11,14H,5-6,12-13H2,1-2H3,(H,22,24)(H,23,25)/t21-/m1/s1. The van der Waals surface area contributed by atoms with E-state index in [1.54, 1.807) is 48.5 Å². The Bertz CT molecular complexity index is 828. The molecule has 2 aromatic carbocycles. The van der Waals surface area contributed by atoms with Crippen LogP contribution in [0.15, 0.2) is 48.5 Å². The van der Waals surface area contributed by atoms with Gasteiger partial charge in [-0.05, 0) is 56.5 Å². The highest BCUT2D eigenvalue weighted by atomic mass is 16.5. The summed E-state index contributed by atoms with van der Waals surface area (Å²) in [7, 11) is 1.52. The molecule has 3 rings (SSSR count). The zero-order valence-electron chi connectivity index (χ0n) is 15.6. The molecule has 1 fully saturated rings. The third-order valence-corrected chi connectivity index (χ3v) is 4.68. The molecule has 1 heterocycles. The minimum absolute atomic E-state index is 0.171. The van der Waals surface area contributed by atoms with Crippen LogP contribution < -0.4 is 15.4 Å². The molecule has 2 N–H and O–H groups in total. The van der Waals surface area contributed by atoms with Crippen molar-refractivity contribution in [1.82, 2.24) is 0 Å². The van der Waals surface area contributed by atoms with Gasteiger partial charge in [-0.3, -0.25) is 9.59 Å². The van der Waals surface area contributed by atoms with Crippen molar-refractivity contribution < 1.29 is 19.1 Å². The van der Waals surface area contributed by atoms with Gasteiger partial charge in [-0.15, -0.1) is 0 Å². The minimum Gasteiger partial charge on any atom is -0.496 e. The van der Waals surface area contributed by atoms with E-state index in [9.17, 15) is 9.59 Å². The molecule has 1 atom stereocenters. The van der Waals surface area contributed by atoms with Crippen LogP contribution in [0, 0.1) is 0 Å². The Morgan fingerprint density at radius 2 is 1.78 bits per heavy atom. The highest BCUT2D eigenvalue weighted by molar-refractivity contribution is 6.06. The average Bonchev–Trinajstić information content (AvgIpc) is 2.68. The average molecular weight is 368 g/mol. The summed E-state index contributed by atoms with van der Waals surface area (Å²) in [6, 6.07) is 14.1. The van der Waals surface area contributed by atoms with Crippen LogP contribution in [-0.2, 0) is 9.53 Å². The summed E-state index contributed by atoms with van der Waals surface area (Å²) in [5.74, 6) is 0.0516. The number of para-hydroxylation sites is 1. The van der Waals surface area contributed by atoms with Gasteiger partial charge in [-0.2, -0.15) is 0 Å². The van der Waals surface area contributed by atoms with E-state index in [2.05, 4.69) is 10.6 Å². The molecule has 6 nitrogen and oxygen atoms in total. The maximum absolute atomic E-state index is 12.6. The lowest BCUT2D eigenvalue weighted by molar-refractivity contribution is -0.144. The molecule has 6 heteroatoms. The Balaban J connectivity index is 1.70. The second kappa shape index (κ2) is 8.22. The SMILES string of the molecule is COc1ccccc1C(=O)Nc1cccc(NC(=O)[C@@]2(C)CCCCO2)c1. The second-order valence-electron chi connectivity index (χ2n) is 6.73. The van der Waals surface area contributed by atoms with Crippen LogP contribution in [0.3, 0.4) is 0 Å². The van der Waals surface area contributed by atoms with E-state index in [1.165, 1.54) is 7.11 Å². The van der Waals surface area contributed by atoms with Crippen molar-refractivity contribution in [2.24, 2.45) is 0 Å². The summed E-state index contributed by atoms with van der Waals surface area (Å²) in [4.78, 5) is 25.1. The molecule has 0 unspecified atom stereocenters. The fraction of sp³-hybridized carbons (Fsp3) is 0.333. The summed E-state index contributed by atoms with van der Waals surface area (Å²) in [6.45, 7) is 2.41. The van der Waals surface area contributed by atoms with Crippen molar-refractivity contribution in [1.29, 1.82) is 0 Å². The molecule has 2 amide bonds. The van der Waals surface area contributed by atoms with Crippen molar-refractivity contribution >= 4 is 23.2 Å². The maximum Gasteiger partial charge on any atom is 0.259 e. The van der Waals surface area contributed by atoms with Gasteiger partial charge >= 0.3 is 0 Å². The molecule has 142 valence electrons. The molecule has 0 radical (unpaired) electrons. The van der Waals surface area contributed by atoms with E-state index >= 15 is 0 Å². The van der Waals surface area contributed by atoms with Gasteiger partial charge in [0.2, 0.25) is 0 Å². The summed E-state index contributed by atoms with van der Waals surface area (Å²) < 4.78 is 10.9. The second-order valence-corrected chi connectivity index (χ2v) is 6.73.